The molecule has 0 saturated carbocycles. The molecule has 0 aromatic heterocycles. The zero-order valence-corrected chi connectivity index (χ0v) is 12.2. The molecule has 5 nitrogen and oxygen atoms in total. The van der Waals surface area contributed by atoms with Crippen LogP contribution in [0.25, 0.3) is 0 Å². The van der Waals surface area contributed by atoms with E-state index in [1.54, 1.807) is 17.1 Å². The van der Waals surface area contributed by atoms with E-state index in [1.165, 1.54) is 10.6 Å². The first-order valence-corrected chi connectivity index (χ1v) is 8.20. The Kier molecular flexibility index (Phi) is 5.75. The zero-order valence-electron chi connectivity index (χ0n) is 11.4. The van der Waals surface area contributed by atoms with Crippen molar-refractivity contribution in [3.63, 3.8) is 0 Å². The van der Waals surface area contributed by atoms with E-state index in [-0.39, 0.29) is 11.8 Å². The van der Waals surface area contributed by atoms with Gasteiger partial charge in [-0.15, -0.1) is 13.2 Å². The van der Waals surface area contributed by atoms with E-state index in [0.717, 1.165) is 0 Å². The number of amides is 1. The summed E-state index contributed by atoms with van der Waals surface area (Å²) >= 11 is 0. The van der Waals surface area contributed by atoms with E-state index in [2.05, 4.69) is 13.2 Å². The van der Waals surface area contributed by atoms with E-state index >= 15 is 0 Å². The molecular weight excluding hydrogens is 264 g/mol. The van der Waals surface area contributed by atoms with Gasteiger partial charge in [-0.05, 0) is 12.8 Å². The van der Waals surface area contributed by atoms with Gasteiger partial charge < -0.3 is 4.90 Å². The second-order valence-electron chi connectivity index (χ2n) is 4.76. The van der Waals surface area contributed by atoms with E-state index in [1.807, 2.05) is 0 Å². The highest BCUT2D eigenvalue weighted by molar-refractivity contribution is 7.88. The van der Waals surface area contributed by atoms with Crippen LogP contribution in [0.2, 0.25) is 0 Å². The smallest absolute Gasteiger partial charge is 0.226 e. The fraction of sp³-hybridized carbons (Fsp3) is 0.615. The van der Waals surface area contributed by atoms with Crippen molar-refractivity contribution in [2.24, 2.45) is 5.92 Å². The second kappa shape index (κ2) is 6.86. The van der Waals surface area contributed by atoms with Crippen LogP contribution in [0.4, 0.5) is 0 Å². The highest BCUT2D eigenvalue weighted by atomic mass is 32.2. The molecule has 1 aliphatic rings. The second-order valence-corrected chi connectivity index (χ2v) is 6.74. The van der Waals surface area contributed by atoms with Crippen molar-refractivity contribution in [1.29, 1.82) is 0 Å². The molecule has 0 spiro atoms. The third-order valence-electron chi connectivity index (χ3n) is 3.28. The fourth-order valence-electron chi connectivity index (χ4n) is 2.26. The first-order valence-electron chi connectivity index (χ1n) is 6.35. The van der Waals surface area contributed by atoms with Crippen molar-refractivity contribution < 1.29 is 13.2 Å². The predicted molar refractivity (Wildman–Crippen MR) is 76.1 cm³/mol. The normalized spacial score (nSPS) is 17.9. The number of carbonyl (C=O) groups excluding carboxylic acids is 1. The largest absolute Gasteiger partial charge is 0.335 e. The van der Waals surface area contributed by atoms with E-state index < -0.39 is 10.0 Å². The van der Waals surface area contributed by atoms with Crippen molar-refractivity contribution in [3.05, 3.63) is 25.3 Å². The van der Waals surface area contributed by atoms with Crippen LogP contribution >= 0.6 is 0 Å². The standard InChI is InChI=1S/C13H22N2O3S/c1-4-8-14(9-5-2)13(16)12-6-10-15(11-7-12)19(3,17)18/h4-5,12H,1-2,6-11H2,3H3. The number of hydrogen-bond donors (Lipinski definition) is 0. The summed E-state index contributed by atoms with van der Waals surface area (Å²) in [5.74, 6) is -0.0362. The van der Waals surface area contributed by atoms with Gasteiger partial charge in [0.25, 0.3) is 0 Å². The Hall–Kier alpha value is -1.14. The Morgan fingerprint density at radius 1 is 1.26 bits per heavy atom. The molecule has 19 heavy (non-hydrogen) atoms. The molecule has 1 fully saturated rings. The maximum absolute atomic E-state index is 12.3. The molecule has 0 N–H and O–H groups in total. The third kappa shape index (κ3) is 4.47. The number of nitrogens with zero attached hydrogens (tertiary/aromatic N) is 2. The van der Waals surface area contributed by atoms with Gasteiger partial charge in [0.2, 0.25) is 15.9 Å². The molecule has 1 saturated heterocycles. The fourth-order valence-corrected chi connectivity index (χ4v) is 3.13. The van der Waals surface area contributed by atoms with Crippen LogP contribution in [0.15, 0.2) is 25.3 Å². The van der Waals surface area contributed by atoms with E-state index in [4.69, 9.17) is 0 Å². The van der Waals surface area contributed by atoms with Crippen LogP contribution in [0.1, 0.15) is 12.8 Å². The van der Waals surface area contributed by atoms with Crippen LogP contribution in [0.3, 0.4) is 0 Å². The van der Waals surface area contributed by atoms with Crippen molar-refractivity contribution in [1.82, 2.24) is 9.21 Å². The molecule has 0 radical (unpaired) electrons. The van der Waals surface area contributed by atoms with Gasteiger partial charge in [-0.2, -0.15) is 0 Å². The maximum Gasteiger partial charge on any atom is 0.226 e. The molecule has 108 valence electrons. The molecule has 1 rings (SSSR count). The van der Waals surface area contributed by atoms with Gasteiger partial charge in [0.05, 0.1) is 6.26 Å². The molecule has 1 heterocycles. The quantitative estimate of drug-likeness (QED) is 0.680. The zero-order chi connectivity index (χ0) is 14.5. The van der Waals surface area contributed by atoms with E-state index in [0.29, 0.717) is 39.0 Å². The maximum atomic E-state index is 12.3. The minimum atomic E-state index is -3.14. The predicted octanol–water partition coefficient (Wildman–Crippen LogP) is 0.859. The Balaban J connectivity index is 2.60. The molecule has 0 aromatic rings. The first kappa shape index (κ1) is 15.9. The van der Waals surface area contributed by atoms with Crippen LogP contribution in [-0.2, 0) is 14.8 Å². The van der Waals surface area contributed by atoms with Crippen LogP contribution < -0.4 is 0 Å². The topological polar surface area (TPSA) is 57.7 Å². The third-order valence-corrected chi connectivity index (χ3v) is 4.59. The minimum absolute atomic E-state index is 0.0629. The highest BCUT2D eigenvalue weighted by Gasteiger charge is 2.30. The molecule has 0 atom stereocenters. The lowest BCUT2D eigenvalue weighted by molar-refractivity contribution is -0.135. The highest BCUT2D eigenvalue weighted by Crippen LogP contribution is 2.21. The van der Waals surface area contributed by atoms with Gasteiger partial charge in [-0.3, -0.25) is 4.79 Å². The Morgan fingerprint density at radius 2 is 1.74 bits per heavy atom. The molecule has 0 unspecified atom stereocenters. The van der Waals surface area contributed by atoms with Crippen molar-refractivity contribution >= 4 is 15.9 Å². The van der Waals surface area contributed by atoms with Crippen LogP contribution in [0.5, 0.6) is 0 Å². The lowest BCUT2D eigenvalue weighted by Crippen LogP contribution is -2.44. The van der Waals surface area contributed by atoms with Gasteiger partial charge >= 0.3 is 0 Å². The van der Waals surface area contributed by atoms with Crippen LogP contribution in [-0.4, -0.2) is 56.0 Å². The van der Waals surface area contributed by atoms with Gasteiger partial charge in [0.15, 0.2) is 0 Å². The summed E-state index contributed by atoms with van der Waals surface area (Å²) < 4.78 is 24.2. The van der Waals surface area contributed by atoms with Crippen molar-refractivity contribution in [3.8, 4) is 0 Å². The number of hydrogen-bond acceptors (Lipinski definition) is 3. The van der Waals surface area contributed by atoms with Gasteiger partial charge in [-0.1, -0.05) is 12.2 Å². The SMILES string of the molecule is C=CCN(CC=C)C(=O)C1CCN(S(C)(=O)=O)CC1. The Morgan fingerprint density at radius 3 is 2.11 bits per heavy atom. The molecule has 0 aromatic carbocycles. The van der Waals surface area contributed by atoms with Gasteiger partial charge in [0, 0.05) is 32.1 Å². The lowest BCUT2D eigenvalue weighted by Gasteiger charge is -2.32. The summed E-state index contributed by atoms with van der Waals surface area (Å²) in [5, 5.41) is 0. The van der Waals surface area contributed by atoms with Crippen molar-refractivity contribution in [2.75, 3.05) is 32.4 Å². The number of rotatable bonds is 6. The summed E-state index contributed by atoms with van der Waals surface area (Å²) in [4.78, 5) is 14.0. The minimum Gasteiger partial charge on any atom is -0.335 e. The van der Waals surface area contributed by atoms with Gasteiger partial charge in [0.1, 0.15) is 0 Å². The van der Waals surface area contributed by atoms with Crippen LogP contribution in [0, 0.1) is 5.92 Å². The number of sulfonamides is 1. The summed E-state index contributed by atoms with van der Waals surface area (Å²) in [5.41, 5.74) is 0. The lowest BCUT2D eigenvalue weighted by atomic mass is 9.96. The molecule has 6 heteroatoms. The summed E-state index contributed by atoms with van der Waals surface area (Å²) in [6.07, 6.45) is 5.74. The summed E-state index contributed by atoms with van der Waals surface area (Å²) in [7, 11) is -3.14. The van der Waals surface area contributed by atoms with Crippen molar-refractivity contribution in [2.45, 2.75) is 12.8 Å². The number of piperidine rings is 1. The van der Waals surface area contributed by atoms with E-state index in [9.17, 15) is 13.2 Å². The Bertz CT molecular complexity index is 427. The summed E-state index contributed by atoms with van der Waals surface area (Å²) in [6, 6.07) is 0. The molecule has 1 amide bonds. The average Bonchev–Trinajstić information content (AvgIpc) is 2.37. The molecule has 0 aliphatic carbocycles. The van der Waals surface area contributed by atoms with Gasteiger partial charge in [-0.25, -0.2) is 12.7 Å². The first-order chi connectivity index (χ1) is 8.90. The average molecular weight is 286 g/mol. The molecule has 1 aliphatic heterocycles. The summed E-state index contributed by atoms with van der Waals surface area (Å²) in [6.45, 7) is 9.12. The monoisotopic (exact) mass is 286 g/mol. The Labute approximate surface area is 115 Å². The molecular formula is C13H22N2O3S. The molecule has 0 bridgehead atoms. The number of carbonyl (C=O) groups is 1.